The first-order chi connectivity index (χ1) is 9.49. The molecular formula is C10H12FNO7S2. The standard InChI is InChI=1S/C10H12FNO7S2/c1-20(16,17)6-2-3-7(11)9(4-6)21(18,19)12-8(5-13)10(14)15/h2-4,8,12-13H,5H2,1H3,(H,14,15)/t8-/m0/s1. The van der Waals surface area contributed by atoms with Crippen molar-refractivity contribution in [2.45, 2.75) is 15.8 Å². The lowest BCUT2D eigenvalue weighted by molar-refractivity contribution is -0.139. The number of rotatable bonds is 6. The molecule has 0 bridgehead atoms. The van der Waals surface area contributed by atoms with E-state index in [0.29, 0.717) is 12.1 Å². The minimum absolute atomic E-state index is 0.444. The molecule has 0 amide bonds. The fraction of sp³-hybridized carbons (Fsp3) is 0.300. The molecule has 118 valence electrons. The van der Waals surface area contributed by atoms with Gasteiger partial charge in [0.25, 0.3) is 0 Å². The zero-order chi connectivity index (χ0) is 16.4. The van der Waals surface area contributed by atoms with Crippen LogP contribution in [0.2, 0.25) is 0 Å². The number of benzene rings is 1. The summed E-state index contributed by atoms with van der Waals surface area (Å²) in [6.45, 7) is -1.05. The quantitative estimate of drug-likeness (QED) is 0.561. The fourth-order valence-corrected chi connectivity index (χ4v) is 3.34. The molecule has 0 unspecified atom stereocenters. The van der Waals surface area contributed by atoms with Crippen LogP contribution in [0.1, 0.15) is 0 Å². The summed E-state index contributed by atoms with van der Waals surface area (Å²) in [4.78, 5) is 9.21. The number of nitrogens with one attached hydrogen (secondary N) is 1. The zero-order valence-corrected chi connectivity index (χ0v) is 12.3. The monoisotopic (exact) mass is 341 g/mol. The predicted octanol–water partition coefficient (Wildman–Crippen LogP) is -1.05. The Hall–Kier alpha value is -1.56. The van der Waals surface area contributed by atoms with E-state index in [9.17, 15) is 26.0 Å². The zero-order valence-electron chi connectivity index (χ0n) is 10.6. The molecule has 3 N–H and O–H groups in total. The summed E-state index contributed by atoms with van der Waals surface area (Å²) < 4.78 is 61.6. The first-order valence-corrected chi connectivity index (χ1v) is 8.72. The van der Waals surface area contributed by atoms with Crippen LogP contribution >= 0.6 is 0 Å². The number of carboxylic acid groups (broad SMARTS) is 1. The summed E-state index contributed by atoms with van der Waals surface area (Å²) in [5.41, 5.74) is 0. The number of carboxylic acids is 1. The smallest absolute Gasteiger partial charge is 0.324 e. The van der Waals surface area contributed by atoms with E-state index < -0.39 is 54.1 Å². The number of sulfonamides is 1. The van der Waals surface area contributed by atoms with Crippen molar-refractivity contribution in [1.29, 1.82) is 0 Å². The van der Waals surface area contributed by atoms with Gasteiger partial charge in [0.1, 0.15) is 16.8 Å². The molecular weight excluding hydrogens is 329 g/mol. The predicted molar refractivity (Wildman–Crippen MR) is 68.3 cm³/mol. The second-order valence-electron chi connectivity index (χ2n) is 4.06. The lowest BCUT2D eigenvalue weighted by atomic mass is 10.3. The maximum atomic E-state index is 13.6. The highest BCUT2D eigenvalue weighted by Crippen LogP contribution is 2.19. The van der Waals surface area contributed by atoms with Crippen molar-refractivity contribution in [2.75, 3.05) is 12.9 Å². The Kier molecular flexibility index (Phi) is 5.04. The Morgan fingerprint density at radius 3 is 2.33 bits per heavy atom. The van der Waals surface area contributed by atoms with Crippen molar-refractivity contribution < 1.29 is 36.2 Å². The third-order valence-electron chi connectivity index (χ3n) is 2.40. The maximum Gasteiger partial charge on any atom is 0.324 e. The average molecular weight is 341 g/mol. The summed E-state index contributed by atoms with van der Waals surface area (Å²) in [6.07, 6.45) is 0.803. The van der Waals surface area contributed by atoms with E-state index in [-0.39, 0.29) is 0 Å². The Morgan fingerprint density at radius 1 is 1.33 bits per heavy atom. The lowest BCUT2D eigenvalue weighted by Crippen LogP contribution is -2.43. The van der Waals surface area contributed by atoms with Crippen LogP contribution in [0.4, 0.5) is 4.39 Å². The van der Waals surface area contributed by atoms with E-state index in [1.807, 2.05) is 0 Å². The first-order valence-electron chi connectivity index (χ1n) is 5.34. The molecule has 0 aliphatic heterocycles. The molecule has 0 fully saturated rings. The molecule has 11 heteroatoms. The molecule has 0 heterocycles. The van der Waals surface area contributed by atoms with E-state index in [1.165, 1.54) is 0 Å². The molecule has 0 radical (unpaired) electrons. The van der Waals surface area contributed by atoms with Gasteiger partial charge < -0.3 is 10.2 Å². The second kappa shape index (κ2) is 6.05. The van der Waals surface area contributed by atoms with Gasteiger partial charge in [0.05, 0.1) is 11.5 Å². The number of halogens is 1. The van der Waals surface area contributed by atoms with Gasteiger partial charge in [-0.25, -0.2) is 21.2 Å². The third kappa shape index (κ3) is 4.20. The molecule has 1 rings (SSSR count). The minimum Gasteiger partial charge on any atom is -0.480 e. The van der Waals surface area contributed by atoms with Gasteiger partial charge in [0.2, 0.25) is 10.0 Å². The van der Waals surface area contributed by atoms with Crippen molar-refractivity contribution >= 4 is 25.8 Å². The van der Waals surface area contributed by atoms with E-state index in [0.717, 1.165) is 12.3 Å². The van der Waals surface area contributed by atoms with Gasteiger partial charge in [0, 0.05) is 6.26 Å². The molecule has 0 aromatic heterocycles. The highest BCUT2D eigenvalue weighted by Gasteiger charge is 2.28. The number of aliphatic hydroxyl groups excluding tert-OH is 1. The largest absolute Gasteiger partial charge is 0.480 e. The van der Waals surface area contributed by atoms with E-state index in [4.69, 9.17) is 10.2 Å². The van der Waals surface area contributed by atoms with Crippen LogP contribution in [-0.2, 0) is 24.7 Å². The van der Waals surface area contributed by atoms with Crippen LogP contribution in [0.3, 0.4) is 0 Å². The SMILES string of the molecule is CS(=O)(=O)c1ccc(F)c(S(=O)(=O)N[C@@H](CO)C(=O)O)c1. The summed E-state index contributed by atoms with van der Waals surface area (Å²) in [7, 11) is -8.44. The highest BCUT2D eigenvalue weighted by molar-refractivity contribution is 7.91. The number of hydrogen-bond donors (Lipinski definition) is 3. The highest BCUT2D eigenvalue weighted by atomic mass is 32.2. The van der Waals surface area contributed by atoms with Crippen molar-refractivity contribution in [2.24, 2.45) is 0 Å². The van der Waals surface area contributed by atoms with Gasteiger partial charge in [-0.3, -0.25) is 4.79 Å². The van der Waals surface area contributed by atoms with Gasteiger partial charge in [-0.15, -0.1) is 0 Å². The van der Waals surface area contributed by atoms with Crippen molar-refractivity contribution in [1.82, 2.24) is 4.72 Å². The maximum absolute atomic E-state index is 13.6. The minimum atomic E-state index is -4.66. The summed E-state index contributed by atoms with van der Waals surface area (Å²) in [5.74, 6) is -2.92. The third-order valence-corrected chi connectivity index (χ3v) is 5.00. The van der Waals surface area contributed by atoms with E-state index >= 15 is 0 Å². The number of sulfone groups is 1. The van der Waals surface area contributed by atoms with E-state index in [2.05, 4.69) is 0 Å². The van der Waals surface area contributed by atoms with Crippen LogP contribution in [-0.4, -0.2) is 51.9 Å². The average Bonchev–Trinajstić information content (AvgIpc) is 2.34. The summed E-state index contributed by atoms with van der Waals surface area (Å²) in [5, 5.41) is 17.4. The van der Waals surface area contributed by atoms with Crippen molar-refractivity contribution in [3.05, 3.63) is 24.0 Å². The first kappa shape index (κ1) is 17.5. The second-order valence-corrected chi connectivity index (χ2v) is 7.76. The van der Waals surface area contributed by atoms with E-state index in [1.54, 1.807) is 4.72 Å². The van der Waals surface area contributed by atoms with Crippen LogP contribution in [0.25, 0.3) is 0 Å². The number of aliphatic carboxylic acids is 1. The molecule has 1 atom stereocenters. The molecule has 1 aromatic carbocycles. The Balaban J connectivity index is 3.35. The topological polar surface area (TPSA) is 138 Å². The fourth-order valence-electron chi connectivity index (χ4n) is 1.34. The molecule has 0 aliphatic rings. The van der Waals surface area contributed by atoms with Crippen molar-refractivity contribution in [3.63, 3.8) is 0 Å². The molecule has 8 nitrogen and oxygen atoms in total. The molecule has 0 spiro atoms. The number of hydrogen-bond acceptors (Lipinski definition) is 6. The summed E-state index contributed by atoms with van der Waals surface area (Å²) in [6, 6.07) is 0.212. The molecule has 21 heavy (non-hydrogen) atoms. The summed E-state index contributed by atoms with van der Waals surface area (Å²) >= 11 is 0. The van der Waals surface area contributed by atoms with Crippen LogP contribution in [0.5, 0.6) is 0 Å². The number of aliphatic hydroxyl groups is 1. The molecule has 0 saturated heterocycles. The Morgan fingerprint density at radius 2 is 1.90 bits per heavy atom. The van der Waals surface area contributed by atoms with Gasteiger partial charge in [-0.05, 0) is 18.2 Å². The van der Waals surface area contributed by atoms with Gasteiger partial charge >= 0.3 is 5.97 Å². The van der Waals surface area contributed by atoms with Crippen molar-refractivity contribution in [3.8, 4) is 0 Å². The van der Waals surface area contributed by atoms with Crippen LogP contribution in [0, 0.1) is 5.82 Å². The Labute approximate surface area is 120 Å². The molecule has 0 aliphatic carbocycles. The van der Waals surface area contributed by atoms with Gasteiger partial charge in [-0.2, -0.15) is 4.72 Å². The van der Waals surface area contributed by atoms with Gasteiger partial charge in [0.15, 0.2) is 9.84 Å². The lowest BCUT2D eigenvalue weighted by Gasteiger charge is -2.13. The normalized spacial score (nSPS) is 13.9. The number of carbonyl (C=O) groups is 1. The van der Waals surface area contributed by atoms with Crippen LogP contribution < -0.4 is 4.72 Å². The van der Waals surface area contributed by atoms with Gasteiger partial charge in [-0.1, -0.05) is 0 Å². The van der Waals surface area contributed by atoms with Crippen LogP contribution in [0.15, 0.2) is 28.0 Å². The molecule has 1 aromatic rings. The Bertz CT molecular complexity index is 758. The molecule has 0 saturated carbocycles.